The normalized spacial score (nSPS) is 8.00. The number of carbonyl (C=O) groups excluding carboxylic acids is 8. The van der Waals surface area contributed by atoms with E-state index in [0.29, 0.717) is 0 Å². The molecule has 0 aliphatic heterocycles. The molecule has 27 heavy (non-hydrogen) atoms. The Labute approximate surface area is 158 Å². The zero-order valence-electron chi connectivity index (χ0n) is 11.8. The summed E-state index contributed by atoms with van der Waals surface area (Å²) in [6.45, 7) is 0. The molecule has 0 spiro atoms. The number of carbonyl (C=O) groups is 8. The molecule has 0 atom stereocenters. The fourth-order valence-electron chi connectivity index (χ4n) is 0.492. The van der Waals surface area contributed by atoms with E-state index in [1.807, 2.05) is 0 Å². The second kappa shape index (κ2) is 14.4. The summed E-state index contributed by atoms with van der Waals surface area (Å²) >= 11 is 0. The largest absolute Gasteiger partial charge is 4.00 e. The minimum atomic E-state index is -2.27. The van der Waals surface area contributed by atoms with Gasteiger partial charge >= 0.3 is 46.3 Å². The van der Waals surface area contributed by atoms with Gasteiger partial charge in [-0.3, -0.25) is 0 Å². The Kier molecular flexibility index (Phi) is 14.9. The number of hydrogen-bond acceptors (Lipinski definition) is 18. The van der Waals surface area contributed by atoms with Gasteiger partial charge in [0.1, 0.15) is 0 Å². The predicted octanol–water partition coefficient (Wildman–Crippen LogP) is -4.08. The Hall–Kier alpha value is -3.93. The van der Waals surface area contributed by atoms with Crippen LogP contribution in [0.15, 0.2) is 0 Å². The van der Waals surface area contributed by atoms with Crippen molar-refractivity contribution < 1.29 is 109 Å². The number of ether oxygens (including phenoxy) is 6. The quantitative estimate of drug-likeness (QED) is 0.152. The van der Waals surface area contributed by atoms with Gasteiger partial charge in [-0.05, 0) is 0 Å². The van der Waals surface area contributed by atoms with E-state index in [2.05, 4.69) is 28.4 Å². The molecule has 0 saturated carbocycles. The predicted molar refractivity (Wildman–Crippen MR) is 49.7 cm³/mol. The monoisotopic (exact) mass is 432 g/mol. The van der Waals surface area contributed by atoms with Crippen molar-refractivity contribution in [2.75, 3.05) is 0 Å². The third kappa shape index (κ3) is 22.1. The van der Waals surface area contributed by atoms with Gasteiger partial charge in [0.2, 0.25) is 0 Å². The van der Waals surface area contributed by atoms with Gasteiger partial charge in [-0.15, -0.1) is 0 Å². The maximum atomic E-state index is 10.1. The molecule has 0 saturated heterocycles. The molecule has 0 bridgehead atoms. The van der Waals surface area contributed by atoms with Crippen molar-refractivity contribution in [3.8, 4) is 0 Å². The van der Waals surface area contributed by atoms with Crippen LogP contribution in [-0.4, -0.2) is 49.2 Å². The molecule has 0 aromatic rings. The molecule has 0 aliphatic carbocycles. The Morgan fingerprint density at radius 2 is 0.519 bits per heavy atom. The average molecular weight is 432 g/mol. The fraction of sp³-hybridized carbons (Fsp3) is 0. The van der Waals surface area contributed by atoms with Crippen LogP contribution in [0.3, 0.4) is 0 Å². The fourth-order valence-corrected chi connectivity index (χ4v) is 0.492. The number of hydrogen-bond donors (Lipinski definition) is 0. The molecule has 18 nitrogen and oxygen atoms in total. The van der Waals surface area contributed by atoms with Crippen LogP contribution in [0.2, 0.25) is 0 Å². The first-order valence-corrected chi connectivity index (χ1v) is 4.90. The summed E-state index contributed by atoms with van der Waals surface area (Å²) in [6, 6.07) is 0. The van der Waals surface area contributed by atoms with Crippen molar-refractivity contribution in [3.63, 3.8) is 0 Å². The summed E-state index contributed by atoms with van der Waals surface area (Å²) in [4.78, 5) is 78.3. The Balaban J connectivity index is -0.000000411. The van der Waals surface area contributed by atoms with Gasteiger partial charge in [-0.1, -0.05) is 0 Å². The Morgan fingerprint density at radius 3 is 0.630 bits per heavy atom. The summed E-state index contributed by atoms with van der Waals surface area (Å²) in [7, 11) is 0. The van der Waals surface area contributed by atoms with Crippen LogP contribution in [0, 0.1) is 0 Å². The van der Waals surface area contributed by atoms with Gasteiger partial charge in [0.05, 0.1) is 0 Å². The van der Waals surface area contributed by atoms with Gasteiger partial charge in [-0.25, -0.2) is 19.2 Å². The zero-order valence-corrected chi connectivity index (χ0v) is 13.4. The van der Waals surface area contributed by atoms with Gasteiger partial charge in [-0.2, -0.15) is 0 Å². The van der Waals surface area contributed by atoms with Crippen LogP contribution in [0.4, 0.5) is 38.4 Å². The van der Waals surface area contributed by atoms with Crippen LogP contribution >= 0.6 is 0 Å². The first kappa shape index (κ1) is 27.9. The van der Waals surface area contributed by atoms with Crippen molar-refractivity contribution in [1.29, 1.82) is 0 Å². The van der Waals surface area contributed by atoms with E-state index >= 15 is 0 Å². The molecule has 0 rings (SSSR count). The van der Waals surface area contributed by atoms with Gasteiger partial charge < -0.3 is 68.0 Å². The molecular weight excluding hydrogens is 432 g/mol. The number of rotatable bonds is 0. The molecule has 0 radical (unpaired) electrons. The zero-order chi connectivity index (χ0) is 20.9. The topological polar surface area (TPSA) is 284 Å². The second-order valence-electron chi connectivity index (χ2n) is 2.61. The van der Waals surface area contributed by atoms with E-state index < -0.39 is 49.2 Å². The minimum absolute atomic E-state index is 0. The van der Waals surface area contributed by atoms with Crippen molar-refractivity contribution in [2.45, 2.75) is 0 Å². The first-order valence-electron chi connectivity index (χ1n) is 4.90. The van der Waals surface area contributed by atoms with Gasteiger partial charge in [0.25, 0.3) is 24.6 Å². The Morgan fingerprint density at radius 1 is 0.370 bits per heavy atom. The van der Waals surface area contributed by atoms with E-state index in [1.165, 1.54) is 0 Å². The van der Waals surface area contributed by atoms with Crippen LogP contribution in [0.5, 0.6) is 0 Å². The minimum Gasteiger partial charge on any atom is -0.452 e. The SMILES string of the molecule is O=C([O-])OC(=O)OC(=O)OC(=O)[O-].O=C([O-])OC(=O)OC(=O)OC(=O)[O-].[Ti+4]. The van der Waals surface area contributed by atoms with Gasteiger partial charge in [0.15, 0.2) is 0 Å². The standard InChI is InChI=1S/2C4H2O9.Ti/c2*5-1(6)11-3(9)13-4(10)12-2(7)8;/h2*(H,5,6)(H,7,8);/q;;+4/p-4. The molecule has 0 N–H and O–H groups in total. The molecule has 0 fully saturated rings. The summed E-state index contributed by atoms with van der Waals surface area (Å²) in [5.74, 6) is 0. The van der Waals surface area contributed by atoms with Crippen LogP contribution < -0.4 is 20.4 Å². The van der Waals surface area contributed by atoms with Crippen LogP contribution in [0.1, 0.15) is 0 Å². The molecule has 144 valence electrons. The summed E-state index contributed by atoms with van der Waals surface area (Å²) in [5.41, 5.74) is 0. The summed E-state index contributed by atoms with van der Waals surface area (Å²) in [6.07, 6.45) is -17.1. The van der Waals surface area contributed by atoms with E-state index in [0.717, 1.165) is 0 Å². The van der Waals surface area contributed by atoms with E-state index in [9.17, 15) is 58.8 Å². The molecule has 0 aliphatic rings. The summed E-state index contributed by atoms with van der Waals surface area (Å²) < 4.78 is 19.1. The smallest absolute Gasteiger partial charge is 0.452 e. The van der Waals surface area contributed by atoms with Crippen molar-refractivity contribution in [3.05, 3.63) is 0 Å². The van der Waals surface area contributed by atoms with Gasteiger partial charge in [0, 0.05) is 0 Å². The Bertz CT molecular complexity index is 513. The second-order valence-corrected chi connectivity index (χ2v) is 2.61. The van der Waals surface area contributed by atoms with E-state index in [1.54, 1.807) is 0 Å². The van der Waals surface area contributed by atoms with Crippen molar-refractivity contribution in [2.24, 2.45) is 0 Å². The maximum absolute atomic E-state index is 10.1. The van der Waals surface area contributed by atoms with Crippen LogP contribution in [-0.2, 0) is 50.1 Å². The van der Waals surface area contributed by atoms with E-state index in [-0.39, 0.29) is 21.7 Å². The molecule has 0 aromatic carbocycles. The third-order valence-corrected chi connectivity index (χ3v) is 1.000. The number of carboxylic acid groups (broad SMARTS) is 4. The molecule has 0 aromatic heterocycles. The summed E-state index contributed by atoms with van der Waals surface area (Å²) in [5, 5.41) is 38.0. The van der Waals surface area contributed by atoms with Crippen LogP contribution in [0.25, 0.3) is 0 Å². The molecule has 0 heterocycles. The molecule has 0 amide bonds. The third-order valence-electron chi connectivity index (χ3n) is 1.000. The average Bonchev–Trinajstić information content (AvgIpc) is 2.33. The molecular formula is C8O18Ti. The van der Waals surface area contributed by atoms with Crippen molar-refractivity contribution in [1.82, 2.24) is 0 Å². The molecule has 0 unspecified atom stereocenters. The maximum Gasteiger partial charge on any atom is 4.00 e. The van der Waals surface area contributed by atoms with E-state index in [4.69, 9.17) is 0 Å². The van der Waals surface area contributed by atoms with Crippen molar-refractivity contribution >= 4 is 49.2 Å². The molecule has 19 heteroatoms. The first-order chi connectivity index (χ1) is 11.8.